The molecule has 2 aromatic heterocycles. The Bertz CT molecular complexity index is 1010. The number of nitrogens with zero attached hydrogens (tertiary/aromatic N) is 3. The van der Waals surface area contributed by atoms with Crippen LogP contribution in [0.25, 0.3) is 34.2 Å². The van der Waals surface area contributed by atoms with Crippen LogP contribution in [0.15, 0.2) is 60.9 Å². The van der Waals surface area contributed by atoms with Gasteiger partial charge in [-0.3, -0.25) is 0 Å². The highest BCUT2D eigenvalue weighted by Crippen LogP contribution is 2.32. The van der Waals surface area contributed by atoms with Gasteiger partial charge in [0.1, 0.15) is 17.2 Å². The van der Waals surface area contributed by atoms with Crippen LogP contribution in [0, 0.1) is 0 Å². The average Bonchev–Trinajstić information content (AvgIpc) is 3.22. The second kappa shape index (κ2) is 6.39. The van der Waals surface area contributed by atoms with Crippen molar-refractivity contribution < 1.29 is 0 Å². The predicted molar refractivity (Wildman–Crippen MR) is 102 cm³/mol. The smallest absolute Gasteiger partial charge is 0.158 e. The summed E-state index contributed by atoms with van der Waals surface area (Å²) in [6.45, 7) is 0. The number of benzene rings is 2. The van der Waals surface area contributed by atoms with Crippen LogP contribution in [0.3, 0.4) is 0 Å². The van der Waals surface area contributed by atoms with Gasteiger partial charge in [-0.25, -0.2) is 9.97 Å². The summed E-state index contributed by atoms with van der Waals surface area (Å²) < 4.78 is 1.96. The van der Waals surface area contributed by atoms with Gasteiger partial charge in [-0.15, -0.1) is 0 Å². The first-order valence-corrected chi connectivity index (χ1v) is 8.47. The molecule has 25 heavy (non-hydrogen) atoms. The van der Waals surface area contributed by atoms with Gasteiger partial charge in [-0.1, -0.05) is 35.3 Å². The lowest BCUT2D eigenvalue weighted by molar-refractivity contribution is 0.920. The summed E-state index contributed by atoms with van der Waals surface area (Å²) in [7, 11) is 1.96. The SMILES string of the molecule is Cn1ccnc1-c1[nH]c(-c2ccc(Cl)cc2)nc1-c1ccc(Cl)cc1. The van der Waals surface area contributed by atoms with Crippen molar-refractivity contribution >= 4 is 23.2 Å². The molecular weight excluding hydrogens is 355 g/mol. The van der Waals surface area contributed by atoms with Gasteiger partial charge in [0.05, 0.1) is 0 Å². The van der Waals surface area contributed by atoms with Gasteiger partial charge in [0.25, 0.3) is 0 Å². The molecule has 0 aliphatic heterocycles. The van der Waals surface area contributed by atoms with Gasteiger partial charge in [-0.05, 0) is 36.4 Å². The first-order valence-electron chi connectivity index (χ1n) is 7.71. The summed E-state index contributed by atoms with van der Waals surface area (Å²) in [5.41, 5.74) is 3.62. The van der Waals surface area contributed by atoms with Crippen LogP contribution in [-0.2, 0) is 7.05 Å². The maximum atomic E-state index is 6.02. The molecule has 2 heterocycles. The van der Waals surface area contributed by atoms with Crippen LogP contribution < -0.4 is 0 Å². The third-order valence-electron chi connectivity index (χ3n) is 3.98. The van der Waals surface area contributed by atoms with E-state index in [9.17, 15) is 0 Å². The Morgan fingerprint density at radius 1 is 0.880 bits per heavy atom. The molecule has 124 valence electrons. The summed E-state index contributed by atoms with van der Waals surface area (Å²) >= 11 is 12.0. The topological polar surface area (TPSA) is 46.5 Å². The van der Waals surface area contributed by atoms with E-state index in [1.54, 1.807) is 6.20 Å². The molecular formula is C19H14Cl2N4. The number of nitrogens with one attached hydrogen (secondary N) is 1. The van der Waals surface area contributed by atoms with Crippen molar-refractivity contribution in [3.8, 4) is 34.2 Å². The highest BCUT2D eigenvalue weighted by atomic mass is 35.5. The van der Waals surface area contributed by atoms with Gasteiger partial charge in [-0.2, -0.15) is 0 Å². The van der Waals surface area contributed by atoms with Crippen LogP contribution >= 0.6 is 23.2 Å². The molecule has 6 heteroatoms. The fourth-order valence-corrected chi connectivity index (χ4v) is 2.95. The molecule has 0 unspecified atom stereocenters. The minimum absolute atomic E-state index is 0.691. The Kier molecular flexibility index (Phi) is 4.07. The van der Waals surface area contributed by atoms with Crippen molar-refractivity contribution in [1.82, 2.24) is 19.5 Å². The molecule has 0 atom stereocenters. The van der Waals surface area contributed by atoms with Crippen LogP contribution in [-0.4, -0.2) is 19.5 Å². The number of hydrogen-bond acceptors (Lipinski definition) is 2. The van der Waals surface area contributed by atoms with E-state index in [1.165, 1.54) is 0 Å². The first-order chi connectivity index (χ1) is 12.1. The minimum atomic E-state index is 0.691. The largest absolute Gasteiger partial charge is 0.335 e. The van der Waals surface area contributed by atoms with E-state index in [0.29, 0.717) is 10.0 Å². The molecule has 0 spiro atoms. The zero-order valence-corrected chi connectivity index (χ0v) is 14.9. The molecule has 0 bridgehead atoms. The monoisotopic (exact) mass is 368 g/mol. The summed E-state index contributed by atoms with van der Waals surface area (Å²) in [5.74, 6) is 1.58. The molecule has 0 aliphatic rings. The third-order valence-corrected chi connectivity index (χ3v) is 4.49. The number of aromatic nitrogens is 4. The maximum Gasteiger partial charge on any atom is 0.158 e. The van der Waals surface area contributed by atoms with Crippen molar-refractivity contribution in [2.75, 3.05) is 0 Å². The van der Waals surface area contributed by atoms with E-state index in [4.69, 9.17) is 28.2 Å². The van der Waals surface area contributed by atoms with E-state index in [0.717, 1.165) is 34.2 Å². The molecule has 4 nitrogen and oxygen atoms in total. The van der Waals surface area contributed by atoms with Gasteiger partial charge < -0.3 is 9.55 Å². The van der Waals surface area contributed by atoms with Crippen LogP contribution in [0.2, 0.25) is 10.0 Å². The lowest BCUT2D eigenvalue weighted by Gasteiger charge is -2.03. The fraction of sp³-hybridized carbons (Fsp3) is 0.0526. The fourth-order valence-electron chi connectivity index (χ4n) is 2.70. The van der Waals surface area contributed by atoms with Crippen molar-refractivity contribution in [3.05, 3.63) is 71.0 Å². The molecule has 0 saturated heterocycles. The molecule has 0 amide bonds. The maximum absolute atomic E-state index is 6.02. The highest BCUT2D eigenvalue weighted by molar-refractivity contribution is 6.30. The lowest BCUT2D eigenvalue weighted by atomic mass is 10.1. The summed E-state index contributed by atoms with van der Waals surface area (Å²) in [6, 6.07) is 15.2. The van der Waals surface area contributed by atoms with E-state index < -0.39 is 0 Å². The number of rotatable bonds is 3. The van der Waals surface area contributed by atoms with Gasteiger partial charge in [0, 0.05) is 40.6 Å². The summed E-state index contributed by atoms with van der Waals surface area (Å²) in [5, 5.41) is 1.38. The van der Waals surface area contributed by atoms with Crippen molar-refractivity contribution in [2.24, 2.45) is 7.05 Å². The molecule has 4 rings (SSSR count). The standard InChI is InChI=1S/C19H14Cl2N4/c1-25-11-10-22-19(25)17-16(12-2-6-14(20)7-3-12)23-18(24-17)13-4-8-15(21)9-5-13/h2-11H,1H3,(H,23,24). The molecule has 0 saturated carbocycles. The molecule has 1 N–H and O–H groups in total. The zero-order valence-electron chi connectivity index (χ0n) is 13.4. The average molecular weight is 369 g/mol. The second-order valence-electron chi connectivity index (χ2n) is 5.68. The van der Waals surface area contributed by atoms with Gasteiger partial charge in [0.2, 0.25) is 0 Å². The second-order valence-corrected chi connectivity index (χ2v) is 6.56. The Hall–Kier alpha value is -2.56. The Morgan fingerprint density at radius 2 is 1.48 bits per heavy atom. The van der Waals surface area contributed by atoms with Crippen molar-refractivity contribution in [3.63, 3.8) is 0 Å². The Morgan fingerprint density at radius 3 is 2.04 bits per heavy atom. The van der Waals surface area contributed by atoms with Crippen LogP contribution in [0.4, 0.5) is 0 Å². The van der Waals surface area contributed by atoms with E-state index in [2.05, 4.69) is 9.97 Å². The molecule has 0 radical (unpaired) electrons. The van der Waals surface area contributed by atoms with Gasteiger partial charge >= 0.3 is 0 Å². The summed E-state index contributed by atoms with van der Waals surface area (Å²) in [4.78, 5) is 12.7. The van der Waals surface area contributed by atoms with Crippen molar-refractivity contribution in [2.45, 2.75) is 0 Å². The number of H-pyrrole nitrogens is 1. The number of imidazole rings is 2. The van der Waals surface area contributed by atoms with E-state index in [1.807, 2.05) is 66.3 Å². The third kappa shape index (κ3) is 3.06. The lowest BCUT2D eigenvalue weighted by Crippen LogP contribution is -1.93. The summed E-state index contributed by atoms with van der Waals surface area (Å²) in [6.07, 6.45) is 3.67. The highest BCUT2D eigenvalue weighted by Gasteiger charge is 2.18. The van der Waals surface area contributed by atoms with Crippen LogP contribution in [0.1, 0.15) is 0 Å². The zero-order chi connectivity index (χ0) is 17.4. The molecule has 2 aromatic carbocycles. The number of aromatic amines is 1. The van der Waals surface area contributed by atoms with Crippen LogP contribution in [0.5, 0.6) is 0 Å². The molecule has 0 fully saturated rings. The number of halogens is 2. The van der Waals surface area contributed by atoms with E-state index >= 15 is 0 Å². The first kappa shape index (κ1) is 15.9. The van der Waals surface area contributed by atoms with Gasteiger partial charge in [0.15, 0.2) is 5.82 Å². The number of aryl methyl sites for hydroxylation is 1. The Labute approximate surface area is 155 Å². The van der Waals surface area contributed by atoms with E-state index in [-0.39, 0.29) is 0 Å². The normalized spacial score (nSPS) is 11.0. The minimum Gasteiger partial charge on any atom is -0.335 e. The quantitative estimate of drug-likeness (QED) is 0.522. The van der Waals surface area contributed by atoms with Crippen molar-refractivity contribution in [1.29, 1.82) is 0 Å². The molecule has 4 aromatic rings. The molecule has 0 aliphatic carbocycles. The Balaban J connectivity index is 1.90. The number of hydrogen-bond donors (Lipinski definition) is 1. The predicted octanol–water partition coefficient (Wildman–Crippen LogP) is 5.45.